The molecule has 0 radical (unpaired) electrons. The quantitative estimate of drug-likeness (QED) is 0.809. The highest BCUT2D eigenvalue weighted by Crippen LogP contribution is 2.36. The number of aromatic nitrogens is 2. The van der Waals surface area contributed by atoms with Gasteiger partial charge in [0, 0.05) is 17.9 Å². The van der Waals surface area contributed by atoms with Crippen LogP contribution >= 0.6 is 0 Å². The van der Waals surface area contributed by atoms with Gasteiger partial charge in [-0.3, -0.25) is 0 Å². The molecule has 0 saturated carbocycles. The van der Waals surface area contributed by atoms with Gasteiger partial charge >= 0.3 is 0 Å². The van der Waals surface area contributed by atoms with Crippen molar-refractivity contribution in [2.24, 2.45) is 0 Å². The molecule has 0 amide bonds. The molecule has 1 aromatic rings. The van der Waals surface area contributed by atoms with E-state index >= 15 is 0 Å². The Balaban J connectivity index is 2.46. The van der Waals surface area contributed by atoms with Crippen LogP contribution in [0.2, 0.25) is 0 Å². The Morgan fingerprint density at radius 2 is 2.00 bits per heavy atom. The second-order valence-electron chi connectivity index (χ2n) is 6.16. The third-order valence-electron chi connectivity index (χ3n) is 3.56. The van der Waals surface area contributed by atoms with Gasteiger partial charge in [0.25, 0.3) is 6.43 Å². The van der Waals surface area contributed by atoms with Crippen molar-refractivity contribution in [3.05, 3.63) is 17.0 Å². The Labute approximate surface area is 112 Å². The summed E-state index contributed by atoms with van der Waals surface area (Å²) in [5, 5.41) is 4.14. The van der Waals surface area contributed by atoms with E-state index in [1.807, 2.05) is 27.7 Å². The van der Waals surface area contributed by atoms with Gasteiger partial charge in [0.05, 0.1) is 0 Å². The summed E-state index contributed by atoms with van der Waals surface area (Å²) >= 11 is 0. The van der Waals surface area contributed by atoms with Crippen LogP contribution in [0.5, 0.6) is 0 Å². The van der Waals surface area contributed by atoms with Crippen molar-refractivity contribution in [2.45, 2.75) is 65.0 Å². The summed E-state index contributed by atoms with van der Waals surface area (Å²) in [4.78, 5) is 0. The molecule has 1 fully saturated rings. The largest absolute Gasteiger partial charge is 0.357 e. The van der Waals surface area contributed by atoms with Crippen LogP contribution in [0.15, 0.2) is 0 Å². The van der Waals surface area contributed by atoms with E-state index in [1.165, 1.54) is 0 Å². The fourth-order valence-corrected chi connectivity index (χ4v) is 2.82. The maximum absolute atomic E-state index is 13.2. The molecule has 0 spiro atoms. The summed E-state index contributed by atoms with van der Waals surface area (Å²) in [6.45, 7) is 8.36. The molecule has 0 aromatic carbocycles. The van der Waals surface area contributed by atoms with Crippen LogP contribution in [-0.4, -0.2) is 16.4 Å². The molecule has 1 aliphatic rings. The molecular weight excluding hydrogens is 250 g/mol. The monoisotopic (exact) mass is 272 g/mol. The maximum atomic E-state index is 13.2. The molecule has 2 rings (SSSR count). The number of hydrogen-bond donors (Lipinski definition) is 0. The Morgan fingerprint density at radius 1 is 1.32 bits per heavy atom. The molecule has 1 aromatic heterocycles. The molecule has 1 atom stereocenters. The minimum atomic E-state index is -2.54. The highest BCUT2D eigenvalue weighted by atomic mass is 19.3. The van der Waals surface area contributed by atoms with Crippen molar-refractivity contribution < 1.29 is 13.5 Å². The average molecular weight is 272 g/mol. The lowest BCUT2D eigenvalue weighted by Gasteiger charge is -2.25. The van der Waals surface area contributed by atoms with Gasteiger partial charge in [-0.15, -0.1) is 0 Å². The fourth-order valence-electron chi connectivity index (χ4n) is 2.82. The first-order valence-electron chi connectivity index (χ1n) is 6.81. The van der Waals surface area contributed by atoms with Crippen LogP contribution in [-0.2, 0) is 10.2 Å². The first-order chi connectivity index (χ1) is 8.82. The van der Waals surface area contributed by atoms with Crippen molar-refractivity contribution in [3.8, 4) is 0 Å². The Morgan fingerprint density at radius 3 is 2.42 bits per heavy atom. The number of alkyl halides is 2. The van der Waals surface area contributed by atoms with Gasteiger partial charge in [0.15, 0.2) is 0 Å². The van der Waals surface area contributed by atoms with E-state index in [9.17, 15) is 8.78 Å². The predicted molar refractivity (Wildman–Crippen MR) is 69.5 cm³/mol. The molecule has 3 nitrogen and oxygen atoms in total. The molecular formula is C14H22F2N2O. The van der Waals surface area contributed by atoms with Crippen molar-refractivity contribution >= 4 is 0 Å². The van der Waals surface area contributed by atoms with Gasteiger partial charge in [0.1, 0.15) is 11.9 Å². The molecule has 2 heterocycles. The van der Waals surface area contributed by atoms with Crippen molar-refractivity contribution in [1.29, 1.82) is 0 Å². The van der Waals surface area contributed by atoms with Gasteiger partial charge in [-0.1, -0.05) is 20.8 Å². The summed E-state index contributed by atoms with van der Waals surface area (Å²) in [6, 6.07) is 0. The normalized spacial score (nSPS) is 21.1. The van der Waals surface area contributed by atoms with Gasteiger partial charge in [0.2, 0.25) is 0 Å². The van der Waals surface area contributed by atoms with Crippen molar-refractivity contribution in [3.63, 3.8) is 0 Å². The zero-order chi connectivity index (χ0) is 14.2. The molecule has 0 bridgehead atoms. The van der Waals surface area contributed by atoms with Gasteiger partial charge in [-0.25, -0.2) is 13.5 Å². The van der Waals surface area contributed by atoms with Crippen LogP contribution in [0.4, 0.5) is 8.78 Å². The van der Waals surface area contributed by atoms with E-state index in [4.69, 9.17) is 4.74 Å². The summed E-state index contributed by atoms with van der Waals surface area (Å²) in [5.74, 6) is 0. The summed E-state index contributed by atoms with van der Waals surface area (Å²) in [6.07, 6.45) is 0.193. The van der Waals surface area contributed by atoms with E-state index in [1.54, 1.807) is 4.68 Å². The third kappa shape index (κ3) is 2.81. The highest BCUT2D eigenvalue weighted by Gasteiger charge is 2.32. The summed E-state index contributed by atoms with van der Waals surface area (Å²) in [5.41, 5.74) is 1.01. The first-order valence-corrected chi connectivity index (χ1v) is 6.81. The zero-order valence-corrected chi connectivity index (χ0v) is 12.0. The predicted octanol–water partition coefficient (Wildman–Crippen LogP) is 4.13. The molecule has 1 aliphatic heterocycles. The summed E-state index contributed by atoms with van der Waals surface area (Å²) < 4.78 is 33.7. The molecule has 1 unspecified atom stereocenters. The van der Waals surface area contributed by atoms with Crippen LogP contribution in [0.3, 0.4) is 0 Å². The van der Waals surface area contributed by atoms with E-state index in [0.717, 1.165) is 25.0 Å². The third-order valence-corrected chi connectivity index (χ3v) is 3.56. The lowest BCUT2D eigenvalue weighted by Crippen LogP contribution is -2.21. The van der Waals surface area contributed by atoms with Crippen molar-refractivity contribution in [2.75, 3.05) is 6.61 Å². The highest BCUT2D eigenvalue weighted by molar-refractivity contribution is 5.33. The summed E-state index contributed by atoms with van der Waals surface area (Å²) in [7, 11) is 0. The van der Waals surface area contributed by atoms with E-state index in [0.29, 0.717) is 12.2 Å². The van der Waals surface area contributed by atoms with Crippen LogP contribution < -0.4 is 0 Å². The van der Waals surface area contributed by atoms with Gasteiger partial charge in [-0.2, -0.15) is 5.10 Å². The number of hydrogen-bond acceptors (Lipinski definition) is 2. The van der Waals surface area contributed by atoms with Gasteiger partial charge in [-0.05, 0) is 31.6 Å². The number of rotatable bonds is 2. The number of ether oxygens (including phenoxy) is 1. The van der Waals surface area contributed by atoms with Crippen LogP contribution in [0.25, 0.3) is 0 Å². The zero-order valence-electron chi connectivity index (χ0n) is 12.0. The fraction of sp³-hybridized carbons (Fsp3) is 0.786. The first kappa shape index (κ1) is 14.4. The van der Waals surface area contributed by atoms with E-state index in [2.05, 4.69) is 5.10 Å². The molecule has 19 heavy (non-hydrogen) atoms. The lowest BCUT2D eigenvalue weighted by atomic mass is 9.85. The molecule has 0 aliphatic carbocycles. The smallest absolute Gasteiger partial charge is 0.282 e. The molecule has 5 heteroatoms. The SMILES string of the molecule is Cc1c(C(C)(C)C)c(C(F)F)nn1C1CCCCO1. The average Bonchev–Trinajstić information content (AvgIpc) is 2.68. The Kier molecular flexibility index (Phi) is 3.95. The second-order valence-corrected chi connectivity index (χ2v) is 6.16. The number of halogens is 2. The Hall–Kier alpha value is -0.970. The minimum Gasteiger partial charge on any atom is -0.357 e. The van der Waals surface area contributed by atoms with Crippen LogP contribution in [0.1, 0.15) is 69.6 Å². The van der Waals surface area contributed by atoms with Crippen LogP contribution in [0, 0.1) is 6.92 Å². The Bertz CT molecular complexity index is 443. The standard InChI is InChI=1S/C14H22F2N2O/c1-9-11(14(2,3)4)12(13(15)16)17-18(9)10-7-5-6-8-19-10/h10,13H,5-8H2,1-4H3. The molecule has 0 N–H and O–H groups in total. The van der Waals surface area contributed by atoms with E-state index in [-0.39, 0.29) is 17.3 Å². The number of nitrogens with zero attached hydrogens (tertiary/aromatic N) is 2. The maximum Gasteiger partial charge on any atom is 0.282 e. The second kappa shape index (κ2) is 5.19. The van der Waals surface area contributed by atoms with E-state index < -0.39 is 6.43 Å². The van der Waals surface area contributed by atoms with Crippen molar-refractivity contribution in [1.82, 2.24) is 9.78 Å². The topological polar surface area (TPSA) is 27.1 Å². The minimum absolute atomic E-state index is 0.0980. The molecule has 108 valence electrons. The van der Waals surface area contributed by atoms with Gasteiger partial charge < -0.3 is 4.74 Å². The lowest BCUT2D eigenvalue weighted by molar-refractivity contribution is -0.0414. The molecule has 1 saturated heterocycles.